The van der Waals surface area contributed by atoms with Gasteiger partial charge in [0.05, 0.1) is 6.61 Å². The minimum Gasteiger partial charge on any atom is -0.490 e. The lowest BCUT2D eigenvalue weighted by molar-refractivity contribution is -0.136. The molecule has 1 aliphatic carbocycles. The van der Waals surface area contributed by atoms with E-state index in [-0.39, 0.29) is 19.1 Å². The van der Waals surface area contributed by atoms with E-state index in [1.165, 1.54) is 0 Å². The second kappa shape index (κ2) is 8.14. The van der Waals surface area contributed by atoms with Crippen LogP contribution in [0.2, 0.25) is 0 Å². The molecule has 1 saturated heterocycles. The van der Waals surface area contributed by atoms with Gasteiger partial charge in [0.2, 0.25) is 11.8 Å². The van der Waals surface area contributed by atoms with Crippen LogP contribution in [0.25, 0.3) is 5.65 Å². The number of anilines is 2. The maximum atomic E-state index is 12.3. The van der Waals surface area contributed by atoms with Crippen molar-refractivity contribution in [2.45, 2.75) is 44.8 Å². The molecule has 2 bridgehead atoms. The largest absolute Gasteiger partial charge is 0.490 e. The Kier molecular flexibility index (Phi) is 5.30. The molecule has 2 atom stereocenters. The van der Waals surface area contributed by atoms with E-state index in [1.807, 2.05) is 0 Å². The summed E-state index contributed by atoms with van der Waals surface area (Å²) in [5.74, 6) is 2.24. The van der Waals surface area contributed by atoms with Crippen LogP contribution in [0.3, 0.4) is 0 Å². The van der Waals surface area contributed by atoms with Crippen LogP contribution in [0.1, 0.15) is 31.6 Å². The van der Waals surface area contributed by atoms with Gasteiger partial charge in [-0.15, -0.1) is 10.2 Å². The smallest absolute Gasteiger partial charge is 0.389 e. The van der Waals surface area contributed by atoms with Crippen molar-refractivity contribution in [3.05, 3.63) is 24.2 Å². The van der Waals surface area contributed by atoms with Gasteiger partial charge in [-0.2, -0.15) is 18.2 Å². The van der Waals surface area contributed by atoms with Crippen molar-refractivity contribution in [2.24, 2.45) is 11.8 Å². The summed E-state index contributed by atoms with van der Waals surface area (Å²) in [6, 6.07) is 4.22. The number of hydrogen-bond donors (Lipinski definition) is 1. The highest BCUT2D eigenvalue weighted by atomic mass is 19.4. The second-order valence-corrected chi connectivity index (χ2v) is 8.42. The first kappa shape index (κ1) is 20.8. The van der Waals surface area contributed by atoms with Gasteiger partial charge in [0.15, 0.2) is 11.4 Å². The van der Waals surface area contributed by atoms with Gasteiger partial charge in [-0.1, -0.05) is 5.10 Å². The topological polar surface area (TPSA) is 93.6 Å². The lowest BCUT2D eigenvalue weighted by Crippen LogP contribution is -2.48. The molecule has 2 fully saturated rings. The van der Waals surface area contributed by atoms with Crippen molar-refractivity contribution >= 4 is 17.6 Å². The number of hydrogen-bond acceptors (Lipinski definition) is 8. The Hall–Kier alpha value is -3.05. The molecule has 1 saturated carbocycles. The Labute approximate surface area is 182 Å². The van der Waals surface area contributed by atoms with Crippen molar-refractivity contribution in [2.75, 3.05) is 29.9 Å². The van der Waals surface area contributed by atoms with Crippen LogP contribution < -0.4 is 15.0 Å². The molecule has 5 rings (SSSR count). The molecular formula is C20H24F3N7O2. The van der Waals surface area contributed by atoms with Gasteiger partial charge in [-0.3, -0.25) is 0 Å². The summed E-state index contributed by atoms with van der Waals surface area (Å²) in [7, 11) is 0. The third kappa shape index (κ3) is 4.30. The number of rotatable bonds is 7. The van der Waals surface area contributed by atoms with E-state index in [1.54, 1.807) is 29.8 Å². The molecule has 2 aliphatic rings. The molecule has 32 heavy (non-hydrogen) atoms. The molecule has 1 aliphatic heterocycles. The standard InChI is InChI=1S/C20H24F3N7O2/c1-12-26-27-19(32-12)29-10-13-5-6-14(11-29)16(13)24-18-25-17-15(4-2-8-30(17)28-18)31-9-3-7-20(21,22)23/h2,4,8,13-14,16H,3,5-7,9-11H2,1H3,(H,24,28). The molecule has 0 radical (unpaired) electrons. The molecule has 12 heteroatoms. The van der Waals surface area contributed by atoms with E-state index in [4.69, 9.17) is 9.15 Å². The van der Waals surface area contributed by atoms with E-state index < -0.39 is 12.6 Å². The fourth-order valence-electron chi connectivity index (χ4n) is 4.69. The number of fused-ring (bicyclic) bond motifs is 3. The highest BCUT2D eigenvalue weighted by Gasteiger charge is 2.43. The first-order valence-electron chi connectivity index (χ1n) is 10.7. The maximum absolute atomic E-state index is 12.3. The Bertz CT molecular complexity index is 1070. The fourth-order valence-corrected chi connectivity index (χ4v) is 4.69. The lowest BCUT2D eigenvalue weighted by Gasteiger charge is -2.37. The van der Waals surface area contributed by atoms with Gasteiger partial charge in [-0.25, -0.2) is 4.52 Å². The summed E-state index contributed by atoms with van der Waals surface area (Å²) in [6.45, 7) is 3.38. The van der Waals surface area contributed by atoms with Crippen molar-refractivity contribution < 1.29 is 22.3 Å². The number of nitrogens with zero attached hydrogens (tertiary/aromatic N) is 6. The van der Waals surface area contributed by atoms with Crippen LogP contribution in [-0.2, 0) is 0 Å². The molecule has 9 nitrogen and oxygen atoms in total. The van der Waals surface area contributed by atoms with Crippen molar-refractivity contribution in [3.8, 4) is 5.75 Å². The quantitative estimate of drug-likeness (QED) is 0.546. The monoisotopic (exact) mass is 451 g/mol. The molecule has 3 aromatic heterocycles. The Morgan fingerprint density at radius 3 is 2.69 bits per heavy atom. The lowest BCUT2D eigenvalue weighted by atomic mass is 9.92. The summed E-state index contributed by atoms with van der Waals surface area (Å²) in [4.78, 5) is 6.69. The van der Waals surface area contributed by atoms with Crippen LogP contribution in [0, 0.1) is 18.8 Å². The first-order valence-corrected chi connectivity index (χ1v) is 10.7. The number of alkyl halides is 3. The number of aromatic nitrogens is 5. The number of nitrogens with one attached hydrogen (secondary N) is 1. The third-order valence-electron chi connectivity index (χ3n) is 6.10. The summed E-state index contributed by atoms with van der Waals surface area (Å²) in [5, 5.41) is 16.0. The summed E-state index contributed by atoms with van der Waals surface area (Å²) < 4.78 is 49.8. The predicted molar refractivity (Wildman–Crippen MR) is 109 cm³/mol. The van der Waals surface area contributed by atoms with Crippen molar-refractivity contribution in [3.63, 3.8) is 0 Å². The molecule has 2 unspecified atom stereocenters. The van der Waals surface area contributed by atoms with E-state index in [2.05, 4.69) is 30.5 Å². The third-order valence-corrected chi connectivity index (χ3v) is 6.10. The van der Waals surface area contributed by atoms with Gasteiger partial charge in [0, 0.05) is 38.7 Å². The minimum absolute atomic E-state index is 0.0352. The average Bonchev–Trinajstić information content (AvgIpc) is 3.41. The van der Waals surface area contributed by atoms with Gasteiger partial charge < -0.3 is 19.4 Å². The number of halogens is 3. The maximum Gasteiger partial charge on any atom is 0.389 e. The molecule has 1 N–H and O–H groups in total. The second-order valence-electron chi connectivity index (χ2n) is 8.42. The normalized spacial score (nSPS) is 23.1. The molecule has 4 heterocycles. The molecular weight excluding hydrogens is 427 g/mol. The zero-order valence-corrected chi connectivity index (χ0v) is 17.5. The Balaban J connectivity index is 1.25. The zero-order valence-electron chi connectivity index (χ0n) is 17.5. The SMILES string of the molecule is Cc1nnc(N2CC3CCC(C2)C3Nc2nc3c(OCCCC(F)(F)F)cccn3n2)o1. The molecule has 0 spiro atoms. The van der Waals surface area contributed by atoms with E-state index in [0.717, 1.165) is 25.9 Å². The van der Waals surface area contributed by atoms with Gasteiger partial charge >= 0.3 is 12.2 Å². The highest BCUT2D eigenvalue weighted by Crippen LogP contribution is 2.39. The number of pyridine rings is 1. The Morgan fingerprint density at radius 2 is 2.00 bits per heavy atom. The first-order chi connectivity index (χ1) is 15.4. The van der Waals surface area contributed by atoms with Crippen LogP contribution >= 0.6 is 0 Å². The van der Waals surface area contributed by atoms with Crippen LogP contribution in [-0.4, -0.2) is 56.7 Å². The van der Waals surface area contributed by atoms with Gasteiger partial charge in [0.25, 0.3) is 0 Å². The minimum atomic E-state index is -4.18. The van der Waals surface area contributed by atoms with E-state index in [0.29, 0.717) is 41.1 Å². The van der Waals surface area contributed by atoms with Crippen molar-refractivity contribution in [1.82, 2.24) is 24.8 Å². The highest BCUT2D eigenvalue weighted by molar-refractivity contribution is 5.56. The van der Waals surface area contributed by atoms with Gasteiger partial charge in [0.1, 0.15) is 0 Å². The number of piperidine rings is 1. The zero-order chi connectivity index (χ0) is 22.3. The number of ether oxygens (including phenoxy) is 1. The summed E-state index contributed by atoms with van der Waals surface area (Å²) in [5.41, 5.74) is 0.480. The molecule has 172 valence electrons. The fraction of sp³-hybridized carbons (Fsp3) is 0.600. The van der Waals surface area contributed by atoms with Gasteiger partial charge in [-0.05, 0) is 43.2 Å². The predicted octanol–water partition coefficient (Wildman–Crippen LogP) is 3.47. The number of aryl methyl sites for hydroxylation is 1. The Morgan fingerprint density at radius 1 is 1.22 bits per heavy atom. The molecule has 0 amide bonds. The summed E-state index contributed by atoms with van der Waals surface area (Å²) in [6.07, 6.45) is -1.24. The average molecular weight is 451 g/mol. The molecule has 0 aromatic carbocycles. The molecule has 3 aromatic rings. The van der Waals surface area contributed by atoms with Crippen LogP contribution in [0.5, 0.6) is 5.75 Å². The van der Waals surface area contributed by atoms with Crippen LogP contribution in [0.15, 0.2) is 22.7 Å². The van der Waals surface area contributed by atoms with E-state index >= 15 is 0 Å². The van der Waals surface area contributed by atoms with Crippen LogP contribution in [0.4, 0.5) is 25.1 Å². The van der Waals surface area contributed by atoms with E-state index in [9.17, 15) is 13.2 Å². The van der Waals surface area contributed by atoms with Crippen molar-refractivity contribution in [1.29, 1.82) is 0 Å². The summed E-state index contributed by atoms with van der Waals surface area (Å²) >= 11 is 0.